The summed E-state index contributed by atoms with van der Waals surface area (Å²) in [6.07, 6.45) is 4.92. The minimum atomic E-state index is 0.755. The molecule has 0 aromatic heterocycles. The van der Waals surface area contributed by atoms with Gasteiger partial charge in [-0.2, -0.15) is 0 Å². The van der Waals surface area contributed by atoms with Crippen LogP contribution in [-0.2, 0) is 6.42 Å². The standard InChI is InChI=1S/C17H20BrN3O2S/c1-22-14-4-5-15(23-2)12(9-14)7-8-20-11-21-10-13(18)3-6-16(21)19-17(20)24/h3-6,9H,7-8,10-11H2,1-2H3,(H,19,24). The van der Waals surface area contributed by atoms with Gasteiger partial charge in [0.15, 0.2) is 5.11 Å². The summed E-state index contributed by atoms with van der Waals surface area (Å²) in [6.45, 7) is 2.42. The second-order valence-corrected chi connectivity index (χ2v) is 7.03. The van der Waals surface area contributed by atoms with Crippen molar-refractivity contribution in [1.29, 1.82) is 0 Å². The molecule has 128 valence electrons. The molecule has 1 N–H and O–H groups in total. The summed E-state index contributed by atoms with van der Waals surface area (Å²) in [7, 11) is 3.36. The highest BCUT2D eigenvalue weighted by atomic mass is 79.9. The minimum absolute atomic E-state index is 0.755. The van der Waals surface area contributed by atoms with Crippen LogP contribution in [0.15, 0.2) is 40.7 Å². The number of allylic oxidation sites excluding steroid dienone is 2. The first-order valence-corrected chi connectivity index (χ1v) is 8.89. The van der Waals surface area contributed by atoms with Crippen LogP contribution in [0.2, 0.25) is 0 Å². The molecule has 5 nitrogen and oxygen atoms in total. The maximum absolute atomic E-state index is 5.51. The number of ether oxygens (including phenoxy) is 2. The van der Waals surface area contributed by atoms with Crippen molar-refractivity contribution in [3.63, 3.8) is 0 Å². The third-order valence-electron chi connectivity index (χ3n) is 4.11. The number of benzene rings is 1. The van der Waals surface area contributed by atoms with Crippen molar-refractivity contribution in [3.8, 4) is 11.5 Å². The zero-order chi connectivity index (χ0) is 17.1. The van der Waals surface area contributed by atoms with Gasteiger partial charge in [0.25, 0.3) is 0 Å². The zero-order valence-electron chi connectivity index (χ0n) is 13.7. The second-order valence-electron chi connectivity index (χ2n) is 5.63. The Balaban J connectivity index is 1.68. The van der Waals surface area contributed by atoms with E-state index in [0.29, 0.717) is 0 Å². The molecule has 1 saturated heterocycles. The molecule has 0 saturated carbocycles. The predicted molar refractivity (Wildman–Crippen MR) is 102 cm³/mol. The monoisotopic (exact) mass is 409 g/mol. The third-order valence-corrected chi connectivity index (χ3v) is 4.98. The quantitative estimate of drug-likeness (QED) is 0.753. The lowest BCUT2D eigenvalue weighted by Crippen LogP contribution is -2.55. The molecule has 2 aliphatic rings. The van der Waals surface area contributed by atoms with Crippen LogP contribution in [0.1, 0.15) is 5.56 Å². The van der Waals surface area contributed by atoms with Crippen molar-refractivity contribution >= 4 is 33.3 Å². The predicted octanol–water partition coefficient (Wildman–Crippen LogP) is 2.83. The van der Waals surface area contributed by atoms with E-state index >= 15 is 0 Å². The van der Waals surface area contributed by atoms with E-state index in [1.54, 1.807) is 14.2 Å². The van der Waals surface area contributed by atoms with Gasteiger partial charge in [0, 0.05) is 11.0 Å². The Kier molecular flexibility index (Phi) is 5.30. The SMILES string of the molecule is COc1ccc(OC)c(CCN2CN3CC(Br)=CC=C3NC2=S)c1. The Morgan fingerprint density at radius 3 is 2.83 bits per heavy atom. The number of hydrogen-bond acceptors (Lipinski definition) is 4. The average molecular weight is 410 g/mol. The lowest BCUT2D eigenvalue weighted by Gasteiger charge is -2.41. The number of fused-ring (bicyclic) bond motifs is 1. The normalized spacial score (nSPS) is 16.9. The lowest BCUT2D eigenvalue weighted by atomic mass is 10.1. The molecule has 2 heterocycles. The molecule has 24 heavy (non-hydrogen) atoms. The van der Waals surface area contributed by atoms with Crippen molar-refractivity contribution in [2.75, 3.05) is 34.0 Å². The van der Waals surface area contributed by atoms with Gasteiger partial charge in [-0.1, -0.05) is 15.9 Å². The third kappa shape index (κ3) is 3.67. The Bertz CT molecular complexity index is 705. The van der Waals surface area contributed by atoms with Gasteiger partial charge in [0.05, 0.1) is 27.4 Å². The van der Waals surface area contributed by atoms with Gasteiger partial charge in [-0.25, -0.2) is 0 Å². The van der Waals surface area contributed by atoms with Crippen LogP contribution >= 0.6 is 28.1 Å². The van der Waals surface area contributed by atoms with E-state index in [1.807, 2.05) is 24.3 Å². The van der Waals surface area contributed by atoms with Crippen molar-refractivity contribution in [1.82, 2.24) is 15.1 Å². The fraction of sp³-hybridized carbons (Fsp3) is 0.353. The number of nitrogens with zero attached hydrogens (tertiary/aromatic N) is 2. The van der Waals surface area contributed by atoms with Crippen molar-refractivity contribution in [2.45, 2.75) is 6.42 Å². The molecule has 0 spiro atoms. The topological polar surface area (TPSA) is 37.0 Å². The molecular weight excluding hydrogens is 390 g/mol. The Morgan fingerprint density at radius 1 is 1.25 bits per heavy atom. The van der Waals surface area contributed by atoms with E-state index in [9.17, 15) is 0 Å². The first-order valence-electron chi connectivity index (χ1n) is 7.69. The highest BCUT2D eigenvalue weighted by molar-refractivity contribution is 9.11. The number of nitrogens with one attached hydrogen (secondary N) is 1. The Hall–Kier alpha value is -1.73. The van der Waals surface area contributed by atoms with Gasteiger partial charge < -0.3 is 24.6 Å². The molecule has 0 radical (unpaired) electrons. The van der Waals surface area contributed by atoms with Crippen LogP contribution in [-0.4, -0.2) is 48.9 Å². The molecule has 2 aliphatic heterocycles. The highest BCUT2D eigenvalue weighted by Crippen LogP contribution is 2.25. The molecule has 1 aromatic carbocycles. The van der Waals surface area contributed by atoms with Crippen LogP contribution in [0.5, 0.6) is 11.5 Å². The number of thiocarbonyl (C=S) groups is 1. The summed E-state index contributed by atoms with van der Waals surface area (Å²) in [4.78, 5) is 4.42. The number of rotatable bonds is 5. The minimum Gasteiger partial charge on any atom is -0.497 e. The van der Waals surface area contributed by atoms with E-state index in [-0.39, 0.29) is 0 Å². The van der Waals surface area contributed by atoms with E-state index in [4.69, 9.17) is 21.7 Å². The van der Waals surface area contributed by atoms with Crippen molar-refractivity contribution in [2.24, 2.45) is 0 Å². The Morgan fingerprint density at radius 2 is 2.08 bits per heavy atom. The van der Waals surface area contributed by atoms with E-state index in [0.717, 1.165) is 58.7 Å². The molecule has 0 bridgehead atoms. The average Bonchev–Trinajstić information content (AvgIpc) is 2.60. The van der Waals surface area contributed by atoms with E-state index < -0.39 is 0 Å². The van der Waals surface area contributed by atoms with Crippen LogP contribution < -0.4 is 14.8 Å². The molecule has 0 aliphatic carbocycles. The van der Waals surface area contributed by atoms with Gasteiger partial charge in [0.2, 0.25) is 0 Å². The number of hydrogen-bond donors (Lipinski definition) is 1. The highest BCUT2D eigenvalue weighted by Gasteiger charge is 2.25. The molecule has 0 atom stereocenters. The van der Waals surface area contributed by atoms with Gasteiger partial charge in [-0.15, -0.1) is 0 Å². The van der Waals surface area contributed by atoms with Crippen molar-refractivity contribution in [3.05, 3.63) is 46.2 Å². The number of halogens is 1. The molecule has 3 rings (SSSR count). The summed E-state index contributed by atoms with van der Waals surface area (Å²) in [5.74, 6) is 2.76. The van der Waals surface area contributed by atoms with E-state index in [1.165, 1.54) is 0 Å². The largest absolute Gasteiger partial charge is 0.497 e. The summed E-state index contributed by atoms with van der Waals surface area (Å²) in [5.41, 5.74) is 1.11. The second kappa shape index (κ2) is 7.44. The van der Waals surface area contributed by atoms with E-state index in [2.05, 4.69) is 37.1 Å². The Labute approximate surface area is 156 Å². The van der Waals surface area contributed by atoms with Crippen molar-refractivity contribution < 1.29 is 9.47 Å². The maximum atomic E-state index is 5.51. The lowest BCUT2D eigenvalue weighted by molar-refractivity contribution is 0.210. The summed E-state index contributed by atoms with van der Waals surface area (Å²) in [6, 6.07) is 5.86. The summed E-state index contributed by atoms with van der Waals surface area (Å²) >= 11 is 9.07. The van der Waals surface area contributed by atoms with Crippen LogP contribution in [0.3, 0.4) is 0 Å². The maximum Gasteiger partial charge on any atom is 0.175 e. The molecule has 1 aromatic rings. The van der Waals surface area contributed by atoms with Crippen LogP contribution in [0, 0.1) is 0 Å². The summed E-state index contributed by atoms with van der Waals surface area (Å²) in [5, 5.41) is 4.05. The van der Waals surface area contributed by atoms with Gasteiger partial charge in [-0.05, 0) is 54.6 Å². The smallest absolute Gasteiger partial charge is 0.175 e. The van der Waals surface area contributed by atoms with Gasteiger partial charge in [-0.3, -0.25) is 0 Å². The molecule has 0 unspecified atom stereocenters. The molecule has 7 heteroatoms. The van der Waals surface area contributed by atoms with Crippen LogP contribution in [0.25, 0.3) is 0 Å². The fourth-order valence-electron chi connectivity index (χ4n) is 2.81. The first kappa shape index (κ1) is 17.1. The van der Waals surface area contributed by atoms with Crippen LogP contribution in [0.4, 0.5) is 0 Å². The fourth-order valence-corrected chi connectivity index (χ4v) is 3.49. The molecule has 1 fully saturated rings. The molecular formula is C17H20BrN3O2S. The zero-order valence-corrected chi connectivity index (χ0v) is 16.1. The molecule has 0 amide bonds. The van der Waals surface area contributed by atoms with Gasteiger partial charge >= 0.3 is 0 Å². The van der Waals surface area contributed by atoms with Gasteiger partial charge in [0.1, 0.15) is 17.3 Å². The number of methoxy groups -OCH3 is 2. The summed E-state index contributed by atoms with van der Waals surface area (Å²) < 4.78 is 11.9. The first-order chi connectivity index (χ1) is 11.6.